The number of rotatable bonds is 0. The molecule has 5 saturated heterocycles. The molecule has 0 amide bonds. The van der Waals surface area contributed by atoms with E-state index in [9.17, 15) is 0 Å². The standard InChI is InChI=1S/C32H38Cl2F16N8.Cu/c33-9-1-2(10(35)18(43)17(9)42)26-51-25(1)53-29-5-6(14(39)22(47)21(46)13(5)38)30(57(29)34)54-27-3-4(12(37)20(45)19(44)11(3)36)28(52-27)56-32-8-7(31(55-26)58(32)50)15(40)23(48)24(49)16(8)41;/h1-32,51-56H;. The molecule has 5 aliphatic heterocycles. The Bertz CT molecular complexity index is 1340. The van der Waals surface area contributed by atoms with Crippen molar-refractivity contribution in [3.05, 3.63) is 0 Å². The molecule has 8 nitrogen and oxygen atoms in total. The largest absolute Gasteiger partial charge is 0.286 e. The van der Waals surface area contributed by atoms with E-state index >= 15 is 70.3 Å². The smallest absolute Gasteiger partial charge is 0.165 e. The van der Waals surface area contributed by atoms with E-state index in [0.717, 1.165) is 0 Å². The second-order valence-electron chi connectivity index (χ2n) is 17.1. The molecule has 1 radical (unpaired) electrons. The molecular weight excluding hydrogens is 935 g/mol. The fraction of sp³-hybridized carbons (Fsp3) is 1.00. The van der Waals surface area contributed by atoms with Gasteiger partial charge in [0.25, 0.3) is 0 Å². The second-order valence-corrected chi connectivity index (χ2v) is 18.0. The fourth-order valence-electron chi connectivity index (χ4n) is 11.9. The molecule has 8 bridgehead atoms. The van der Waals surface area contributed by atoms with Crippen LogP contribution in [0, 0.1) is 47.3 Å². The average molecular weight is 973 g/mol. The van der Waals surface area contributed by atoms with E-state index < -0.39 is 200 Å². The van der Waals surface area contributed by atoms with E-state index in [2.05, 4.69) is 31.9 Å². The Morgan fingerprint density at radius 2 is 0.542 bits per heavy atom. The first-order chi connectivity index (χ1) is 27.3. The van der Waals surface area contributed by atoms with Gasteiger partial charge in [0.2, 0.25) is 0 Å². The van der Waals surface area contributed by atoms with Crippen molar-refractivity contribution in [2.45, 2.75) is 147 Å². The molecular formula is C32H38Cl2CuF16N8. The zero-order valence-corrected chi connectivity index (χ0v) is 31.9. The van der Waals surface area contributed by atoms with Crippen molar-refractivity contribution < 1.29 is 87.4 Å². The Morgan fingerprint density at radius 3 is 0.881 bits per heavy atom. The molecule has 27 heteroatoms. The molecule has 0 spiro atoms. The quantitative estimate of drug-likeness (QED) is 0.0956. The van der Waals surface area contributed by atoms with Gasteiger partial charge in [-0.2, -0.15) is 4.42 Å². The number of nitrogens with zero attached hydrogens (tertiary/aromatic N) is 2. The van der Waals surface area contributed by atoms with Crippen LogP contribution in [-0.2, 0) is 17.1 Å². The molecule has 4 aliphatic carbocycles. The van der Waals surface area contributed by atoms with Gasteiger partial charge in [-0.15, -0.1) is 21.2 Å². The number of fused-ring (bicyclic) bond motifs is 20. The van der Waals surface area contributed by atoms with Crippen molar-refractivity contribution in [3.8, 4) is 0 Å². The Labute approximate surface area is 346 Å². The monoisotopic (exact) mass is 971 g/mol. The summed E-state index contributed by atoms with van der Waals surface area (Å²) in [4.78, 5) is 0. The molecule has 9 aliphatic rings. The van der Waals surface area contributed by atoms with Crippen LogP contribution in [0.5, 0.6) is 0 Å². The van der Waals surface area contributed by atoms with Gasteiger partial charge < -0.3 is 0 Å². The molecule has 6 N–H and O–H groups in total. The summed E-state index contributed by atoms with van der Waals surface area (Å²) in [6, 6.07) is 0. The second kappa shape index (κ2) is 16.0. The number of alkyl halides is 16. The maximum atomic E-state index is 16.8. The van der Waals surface area contributed by atoms with Gasteiger partial charge in [0, 0.05) is 64.4 Å². The summed E-state index contributed by atoms with van der Waals surface area (Å²) in [5, 5.41) is 12.7. The maximum Gasteiger partial charge on any atom is 0.165 e. The Hall–Kier alpha value is -0.341. The zero-order chi connectivity index (χ0) is 41.9. The van der Waals surface area contributed by atoms with Gasteiger partial charge in [-0.1, -0.05) is 0 Å². The summed E-state index contributed by atoms with van der Waals surface area (Å²) in [5.74, 6) is -16.3. The molecule has 59 heavy (non-hydrogen) atoms. The molecule has 4 saturated carbocycles. The first-order valence-corrected chi connectivity index (χ1v) is 19.8. The number of nitrogens with one attached hydrogen (secondary N) is 6. The summed E-state index contributed by atoms with van der Waals surface area (Å²) in [7, 11) is 0. The van der Waals surface area contributed by atoms with Crippen LogP contribution in [0.15, 0.2) is 0 Å². The van der Waals surface area contributed by atoms with E-state index in [1.165, 1.54) is 0 Å². The third-order valence-corrected chi connectivity index (χ3v) is 15.5. The predicted molar refractivity (Wildman–Crippen MR) is 171 cm³/mol. The molecule has 9 rings (SSSR count). The van der Waals surface area contributed by atoms with Gasteiger partial charge in [0.05, 0.1) is 54.7 Å². The topological polar surface area (TPSA) is 78.7 Å². The third-order valence-electron chi connectivity index (χ3n) is 14.6. The predicted octanol–water partition coefficient (Wildman–Crippen LogP) is 3.50. The Balaban J connectivity index is 0.00000484. The van der Waals surface area contributed by atoms with Crippen molar-refractivity contribution in [3.63, 3.8) is 0 Å². The Kier molecular flexibility index (Phi) is 12.2. The first-order valence-electron chi connectivity index (χ1n) is 19.0. The molecule has 32 atom stereocenters. The molecule has 9 fully saturated rings. The van der Waals surface area contributed by atoms with Crippen LogP contribution in [0.1, 0.15) is 0 Å². The van der Waals surface area contributed by atoms with E-state index in [1.807, 2.05) is 0 Å². The minimum Gasteiger partial charge on any atom is -0.286 e. The molecule has 0 aromatic rings. The van der Waals surface area contributed by atoms with Gasteiger partial charge >= 0.3 is 0 Å². The number of hydrogen-bond donors (Lipinski definition) is 6. The summed E-state index contributed by atoms with van der Waals surface area (Å²) >= 11 is 13.0. The normalized spacial score (nSPS) is 63.8. The maximum absolute atomic E-state index is 16.8. The van der Waals surface area contributed by atoms with Gasteiger partial charge in [-0.25, -0.2) is 65.9 Å². The zero-order valence-electron chi connectivity index (χ0n) is 29.5. The van der Waals surface area contributed by atoms with Crippen molar-refractivity contribution in [1.82, 2.24) is 41.4 Å². The summed E-state index contributed by atoms with van der Waals surface area (Å²) in [6.45, 7) is 0. The summed E-state index contributed by atoms with van der Waals surface area (Å²) < 4.78 is 250. The minimum atomic E-state index is -3.21. The molecule has 343 valence electrons. The molecule has 5 heterocycles. The average Bonchev–Trinajstić information content (AvgIpc) is 3.90. The van der Waals surface area contributed by atoms with Crippen LogP contribution < -0.4 is 31.9 Å². The van der Waals surface area contributed by atoms with Crippen LogP contribution in [0.4, 0.5) is 70.3 Å². The fourth-order valence-corrected chi connectivity index (χ4v) is 12.7. The van der Waals surface area contributed by atoms with Crippen LogP contribution in [0.2, 0.25) is 0 Å². The third kappa shape index (κ3) is 6.35. The van der Waals surface area contributed by atoms with Crippen molar-refractivity contribution in [2.75, 3.05) is 0 Å². The van der Waals surface area contributed by atoms with Crippen molar-refractivity contribution in [2.24, 2.45) is 47.3 Å². The number of hydrogen-bond acceptors (Lipinski definition) is 8. The SMILES string of the molecule is FC1C(F)C(F)C2C3NC(NC4C5C(F)C(F)C(F)C(F)C5C(NC5NC(NC6C7C(F)C(F)C(F)C(F)C7C(N3)N6Cl)C3C(Cl)C(F)C(F)C(F)C53)N4F)C2C1F.[Cu]. The summed E-state index contributed by atoms with van der Waals surface area (Å²) in [5.41, 5.74) is 0. The minimum absolute atomic E-state index is 0. The van der Waals surface area contributed by atoms with E-state index in [0.29, 0.717) is 4.42 Å². The van der Waals surface area contributed by atoms with E-state index in [1.54, 1.807) is 0 Å². The molecule has 0 aromatic carbocycles. The van der Waals surface area contributed by atoms with Crippen LogP contribution >= 0.6 is 23.4 Å². The summed E-state index contributed by atoms with van der Waals surface area (Å²) in [6.07, 6.45) is -61.2. The molecule has 0 aromatic heterocycles. The number of halogens is 18. The van der Waals surface area contributed by atoms with Crippen LogP contribution in [-0.4, -0.2) is 157 Å². The Morgan fingerprint density at radius 1 is 0.305 bits per heavy atom. The van der Waals surface area contributed by atoms with E-state index in [4.69, 9.17) is 23.4 Å². The van der Waals surface area contributed by atoms with Gasteiger partial charge in [-0.05, 0) is 11.8 Å². The van der Waals surface area contributed by atoms with Gasteiger partial charge in [0.1, 0.15) is 43.2 Å². The van der Waals surface area contributed by atoms with Crippen molar-refractivity contribution >= 4 is 23.4 Å². The first kappa shape index (κ1) is 45.2. The van der Waals surface area contributed by atoms with Gasteiger partial charge in [0.15, 0.2) is 49.4 Å². The van der Waals surface area contributed by atoms with Crippen LogP contribution in [0.3, 0.4) is 0 Å². The van der Waals surface area contributed by atoms with Crippen LogP contribution in [0.25, 0.3) is 0 Å². The van der Waals surface area contributed by atoms with Gasteiger partial charge in [-0.3, -0.25) is 31.9 Å². The van der Waals surface area contributed by atoms with E-state index in [-0.39, 0.29) is 17.1 Å². The van der Waals surface area contributed by atoms with Crippen molar-refractivity contribution in [1.29, 1.82) is 0 Å². The molecule has 32 unspecified atom stereocenters.